The number of rotatable bonds is 6. The molecule has 3 aromatic carbocycles. The fourth-order valence-corrected chi connectivity index (χ4v) is 3.34. The van der Waals surface area contributed by atoms with Gasteiger partial charge in [0.05, 0.1) is 6.04 Å². The zero-order valence-corrected chi connectivity index (χ0v) is 16.3. The number of amides is 1. The molecule has 1 atom stereocenters. The van der Waals surface area contributed by atoms with E-state index in [4.69, 9.17) is 0 Å². The van der Waals surface area contributed by atoms with Gasteiger partial charge in [0.2, 0.25) is 5.91 Å². The highest BCUT2D eigenvalue weighted by molar-refractivity contribution is 5.79. The van der Waals surface area contributed by atoms with E-state index in [-0.39, 0.29) is 17.9 Å². The topological polar surface area (TPSA) is 20.3 Å². The summed E-state index contributed by atoms with van der Waals surface area (Å²) in [6.45, 7) is 6.61. The molecule has 0 N–H and O–H groups in total. The van der Waals surface area contributed by atoms with Gasteiger partial charge in [0, 0.05) is 12.5 Å². The molecule has 0 saturated carbocycles. The summed E-state index contributed by atoms with van der Waals surface area (Å²) in [5, 5.41) is 0. The molecule has 0 bridgehead atoms. The van der Waals surface area contributed by atoms with Crippen LogP contribution in [0, 0.1) is 12.8 Å². The molecule has 1 amide bonds. The lowest BCUT2D eigenvalue weighted by atomic mass is 9.94. The van der Waals surface area contributed by atoms with Gasteiger partial charge >= 0.3 is 0 Å². The van der Waals surface area contributed by atoms with E-state index >= 15 is 0 Å². The summed E-state index contributed by atoms with van der Waals surface area (Å²) in [5.41, 5.74) is 4.62. The first-order chi connectivity index (χ1) is 13.1. The van der Waals surface area contributed by atoms with Crippen LogP contribution in [0.25, 0.3) is 0 Å². The molecule has 3 aromatic rings. The number of carbonyl (C=O) groups is 1. The molecule has 0 aliphatic heterocycles. The van der Waals surface area contributed by atoms with Crippen molar-refractivity contribution in [1.29, 1.82) is 0 Å². The van der Waals surface area contributed by atoms with Crippen molar-refractivity contribution in [3.63, 3.8) is 0 Å². The number of hydrogen-bond donors (Lipinski definition) is 0. The lowest BCUT2D eigenvalue weighted by Crippen LogP contribution is -2.37. The third-order valence-electron chi connectivity index (χ3n) is 4.79. The van der Waals surface area contributed by atoms with Crippen molar-refractivity contribution >= 4 is 5.91 Å². The van der Waals surface area contributed by atoms with Crippen LogP contribution in [0.15, 0.2) is 84.9 Å². The Morgan fingerprint density at radius 3 is 1.85 bits per heavy atom. The third kappa shape index (κ3) is 4.65. The fourth-order valence-electron chi connectivity index (χ4n) is 3.34. The minimum Gasteiger partial charge on any atom is -0.327 e. The quantitative estimate of drug-likeness (QED) is 0.548. The molecule has 0 aliphatic carbocycles. The van der Waals surface area contributed by atoms with Crippen LogP contribution in [0.1, 0.15) is 42.1 Å². The van der Waals surface area contributed by atoms with E-state index in [2.05, 4.69) is 55.5 Å². The number of aryl methyl sites for hydroxylation is 1. The Labute approximate surface area is 162 Å². The first-order valence-electron chi connectivity index (χ1n) is 9.52. The predicted octanol–water partition coefficient (Wildman–Crippen LogP) is 5.77. The highest BCUT2D eigenvalue weighted by atomic mass is 16.2. The highest BCUT2D eigenvalue weighted by Gasteiger charge is 2.28. The van der Waals surface area contributed by atoms with Gasteiger partial charge in [-0.15, -0.1) is 0 Å². The standard InChI is InChI=1S/C25H27NO/c1-19(2)25(27)26(18-21-10-6-4-7-11-21)24(22-12-8-5-9-13-22)23-16-14-20(3)15-17-23/h4-17,19,24H,18H2,1-3H3. The number of carbonyl (C=O) groups excluding carboxylic acids is 1. The van der Waals surface area contributed by atoms with E-state index in [0.29, 0.717) is 6.54 Å². The van der Waals surface area contributed by atoms with Crippen molar-refractivity contribution in [2.24, 2.45) is 5.92 Å². The van der Waals surface area contributed by atoms with Gasteiger partial charge in [-0.25, -0.2) is 0 Å². The van der Waals surface area contributed by atoms with Gasteiger partial charge in [0.25, 0.3) is 0 Å². The molecule has 0 fully saturated rings. The summed E-state index contributed by atoms with van der Waals surface area (Å²) in [5.74, 6) is 0.0960. The summed E-state index contributed by atoms with van der Waals surface area (Å²) in [6, 6.07) is 28.9. The van der Waals surface area contributed by atoms with E-state index in [0.717, 1.165) is 16.7 Å². The van der Waals surface area contributed by atoms with Crippen LogP contribution in [-0.2, 0) is 11.3 Å². The summed E-state index contributed by atoms with van der Waals surface area (Å²) in [4.78, 5) is 15.2. The molecule has 27 heavy (non-hydrogen) atoms. The maximum absolute atomic E-state index is 13.2. The maximum Gasteiger partial charge on any atom is 0.226 e. The zero-order chi connectivity index (χ0) is 19.2. The molecule has 0 radical (unpaired) electrons. The SMILES string of the molecule is Cc1ccc(C(c2ccccc2)N(Cc2ccccc2)C(=O)C(C)C)cc1. The molecule has 138 valence electrons. The van der Waals surface area contributed by atoms with Gasteiger partial charge in [-0.1, -0.05) is 104 Å². The maximum atomic E-state index is 13.2. The Bertz CT molecular complexity index is 854. The molecular formula is C25H27NO. The van der Waals surface area contributed by atoms with Crippen LogP contribution in [0.5, 0.6) is 0 Å². The summed E-state index contributed by atoms with van der Waals surface area (Å²) in [7, 11) is 0. The van der Waals surface area contributed by atoms with Crippen LogP contribution in [0.3, 0.4) is 0 Å². The number of nitrogens with zero attached hydrogens (tertiary/aromatic N) is 1. The summed E-state index contributed by atoms with van der Waals surface area (Å²) >= 11 is 0. The fraction of sp³-hybridized carbons (Fsp3) is 0.240. The molecule has 1 unspecified atom stereocenters. The van der Waals surface area contributed by atoms with Crippen LogP contribution < -0.4 is 0 Å². The van der Waals surface area contributed by atoms with Gasteiger partial charge in [0.15, 0.2) is 0 Å². The van der Waals surface area contributed by atoms with Crippen molar-refractivity contribution < 1.29 is 4.79 Å². The second-order valence-electron chi connectivity index (χ2n) is 7.33. The number of benzene rings is 3. The molecule has 0 aliphatic rings. The second-order valence-corrected chi connectivity index (χ2v) is 7.33. The van der Waals surface area contributed by atoms with Gasteiger partial charge in [-0.05, 0) is 23.6 Å². The third-order valence-corrected chi connectivity index (χ3v) is 4.79. The van der Waals surface area contributed by atoms with E-state index in [1.807, 2.05) is 55.1 Å². The van der Waals surface area contributed by atoms with Crippen molar-refractivity contribution in [3.05, 3.63) is 107 Å². The van der Waals surface area contributed by atoms with Crippen molar-refractivity contribution in [1.82, 2.24) is 4.90 Å². The van der Waals surface area contributed by atoms with Crippen molar-refractivity contribution in [2.45, 2.75) is 33.4 Å². The molecule has 3 rings (SSSR count). The van der Waals surface area contributed by atoms with Crippen molar-refractivity contribution in [2.75, 3.05) is 0 Å². The van der Waals surface area contributed by atoms with Gasteiger partial charge in [-0.2, -0.15) is 0 Å². The Kier molecular flexibility index (Phi) is 6.08. The summed E-state index contributed by atoms with van der Waals surface area (Å²) in [6.07, 6.45) is 0. The minimum absolute atomic E-state index is 0.0645. The monoisotopic (exact) mass is 357 g/mol. The average molecular weight is 357 g/mol. The lowest BCUT2D eigenvalue weighted by molar-refractivity contribution is -0.137. The molecule has 0 saturated heterocycles. The Morgan fingerprint density at radius 1 is 0.778 bits per heavy atom. The zero-order valence-electron chi connectivity index (χ0n) is 16.3. The first-order valence-corrected chi connectivity index (χ1v) is 9.52. The second kappa shape index (κ2) is 8.68. The molecule has 0 aromatic heterocycles. The molecule has 0 heterocycles. The Morgan fingerprint density at radius 2 is 1.30 bits per heavy atom. The predicted molar refractivity (Wildman–Crippen MR) is 111 cm³/mol. The Balaban J connectivity index is 2.09. The molecule has 2 heteroatoms. The number of hydrogen-bond acceptors (Lipinski definition) is 1. The average Bonchev–Trinajstić information content (AvgIpc) is 2.70. The smallest absolute Gasteiger partial charge is 0.226 e. The van der Waals surface area contributed by atoms with E-state index in [1.54, 1.807) is 0 Å². The Hall–Kier alpha value is -2.87. The van der Waals surface area contributed by atoms with Gasteiger partial charge in [-0.3, -0.25) is 4.79 Å². The molecular weight excluding hydrogens is 330 g/mol. The summed E-state index contributed by atoms with van der Waals surface area (Å²) < 4.78 is 0. The molecule has 0 spiro atoms. The van der Waals surface area contributed by atoms with Gasteiger partial charge in [0.1, 0.15) is 0 Å². The van der Waals surface area contributed by atoms with Crippen LogP contribution >= 0.6 is 0 Å². The van der Waals surface area contributed by atoms with E-state index in [1.165, 1.54) is 5.56 Å². The van der Waals surface area contributed by atoms with Gasteiger partial charge < -0.3 is 4.90 Å². The van der Waals surface area contributed by atoms with Crippen LogP contribution in [0.4, 0.5) is 0 Å². The van der Waals surface area contributed by atoms with Crippen molar-refractivity contribution in [3.8, 4) is 0 Å². The molecule has 2 nitrogen and oxygen atoms in total. The van der Waals surface area contributed by atoms with Crippen LogP contribution in [-0.4, -0.2) is 10.8 Å². The van der Waals surface area contributed by atoms with E-state index in [9.17, 15) is 4.79 Å². The normalized spacial score (nSPS) is 12.0. The first kappa shape index (κ1) is 18.9. The largest absolute Gasteiger partial charge is 0.327 e. The van der Waals surface area contributed by atoms with E-state index < -0.39 is 0 Å². The minimum atomic E-state index is -0.109. The highest BCUT2D eigenvalue weighted by Crippen LogP contribution is 2.31. The van der Waals surface area contributed by atoms with Crippen LogP contribution in [0.2, 0.25) is 0 Å². The lowest BCUT2D eigenvalue weighted by Gasteiger charge is -2.34.